The molecule has 0 aliphatic carbocycles. The molecule has 0 aromatic rings. The molecule has 2 rings (SSSR count). The van der Waals surface area contributed by atoms with Crippen LogP contribution in [0.1, 0.15) is 83.1 Å². The molecular weight excluding hydrogens is 612 g/mol. The second-order valence-corrected chi connectivity index (χ2v) is 15.4. The number of hydrogen-bond acceptors (Lipinski definition) is 12. The maximum absolute atomic E-state index is 12.3. The van der Waals surface area contributed by atoms with E-state index in [0.29, 0.717) is 0 Å². The summed E-state index contributed by atoms with van der Waals surface area (Å²) in [5.74, 6) is -3.19. The van der Waals surface area contributed by atoms with Crippen LogP contribution in [-0.4, -0.2) is 104 Å². The van der Waals surface area contributed by atoms with Crippen LogP contribution in [0.15, 0.2) is 10.3 Å². The first kappa shape index (κ1) is 39.7. The number of nitrogens with zero attached hydrogens (tertiary/aromatic N) is 4. The molecule has 0 aromatic heterocycles. The third-order valence-corrected chi connectivity index (χ3v) is 6.42. The standard InChI is InChI=1S/C15H25ClN2O5.C15H26N2O5/c1-14(2,3)22-12(19)10-8-18(7-9(10)11(16)17-21)13(20)23-15(4,5)6;1-14(2,3)21-12(18)11-9-17(8-10(11)7-16-20)13(19)22-15(4,5)6/h9-10,21H,7-8H2,1-6H3;7,10-11,20H,8-9H2,1-6H3/b17-11-;16-7+/t9-,10-;10-,11-/m00/s1. The van der Waals surface area contributed by atoms with Crippen LogP contribution in [0.25, 0.3) is 0 Å². The van der Waals surface area contributed by atoms with Crippen LogP contribution >= 0.6 is 11.6 Å². The number of rotatable bonds is 4. The number of ether oxygens (including phenoxy) is 4. The highest BCUT2D eigenvalue weighted by Crippen LogP contribution is 2.30. The smallest absolute Gasteiger partial charge is 0.410 e. The third kappa shape index (κ3) is 14.1. The summed E-state index contributed by atoms with van der Waals surface area (Å²) in [5, 5.41) is 23.5. The highest BCUT2D eigenvalue weighted by atomic mass is 35.5. The van der Waals surface area contributed by atoms with Crippen molar-refractivity contribution < 1.29 is 48.5 Å². The van der Waals surface area contributed by atoms with Crippen LogP contribution in [0.2, 0.25) is 0 Å². The fourth-order valence-corrected chi connectivity index (χ4v) is 4.60. The molecule has 2 aliphatic rings. The van der Waals surface area contributed by atoms with Gasteiger partial charge < -0.3 is 39.2 Å². The quantitative estimate of drug-likeness (QED) is 0.135. The van der Waals surface area contributed by atoms with E-state index < -0.39 is 70.2 Å². The number of oxime groups is 2. The summed E-state index contributed by atoms with van der Waals surface area (Å²) >= 11 is 5.90. The summed E-state index contributed by atoms with van der Waals surface area (Å²) in [7, 11) is 0. The largest absolute Gasteiger partial charge is 0.460 e. The number of amides is 2. The normalized spacial score (nSPS) is 22.9. The average molecular weight is 663 g/mol. The fraction of sp³-hybridized carbons (Fsp3) is 0.800. The lowest BCUT2D eigenvalue weighted by atomic mass is 9.97. The van der Waals surface area contributed by atoms with Crippen molar-refractivity contribution in [2.75, 3.05) is 26.2 Å². The van der Waals surface area contributed by atoms with Gasteiger partial charge in [-0.15, -0.1) is 5.16 Å². The Labute approximate surface area is 271 Å². The molecule has 2 aliphatic heterocycles. The second-order valence-electron chi connectivity index (χ2n) is 15.0. The van der Waals surface area contributed by atoms with E-state index in [1.165, 1.54) is 16.0 Å². The number of hydrogen-bond donors (Lipinski definition) is 2. The Kier molecular flexibility index (Phi) is 13.5. The Morgan fingerprint density at radius 1 is 0.622 bits per heavy atom. The molecule has 0 aromatic carbocycles. The number of carbonyl (C=O) groups is 4. The van der Waals surface area contributed by atoms with Crippen molar-refractivity contribution in [3.63, 3.8) is 0 Å². The lowest BCUT2D eigenvalue weighted by molar-refractivity contribution is -0.161. The van der Waals surface area contributed by atoms with E-state index in [-0.39, 0.29) is 31.3 Å². The van der Waals surface area contributed by atoms with E-state index in [9.17, 15) is 19.2 Å². The van der Waals surface area contributed by atoms with Crippen molar-refractivity contribution >= 4 is 47.1 Å². The molecule has 4 atom stereocenters. The first-order valence-electron chi connectivity index (χ1n) is 14.7. The molecule has 258 valence electrons. The zero-order valence-electron chi connectivity index (χ0n) is 28.5. The molecule has 0 bridgehead atoms. The predicted octanol–water partition coefficient (Wildman–Crippen LogP) is 5.11. The van der Waals surface area contributed by atoms with Crippen LogP contribution in [0, 0.1) is 23.7 Å². The molecular formula is C30H51ClN4O10. The monoisotopic (exact) mass is 662 g/mol. The SMILES string of the molecule is CC(C)(C)OC(=O)[C@H]1CN(C(=O)OC(C)(C)C)C[C@@H]1/C(Cl)=N/O.CC(C)(C)OC(=O)[C@H]1CN(C(=O)OC(C)(C)C)C[C@@H]1/C=N/O. The molecule has 2 fully saturated rings. The summed E-state index contributed by atoms with van der Waals surface area (Å²) in [6.45, 7) is 21.8. The Morgan fingerprint density at radius 2 is 0.978 bits per heavy atom. The highest BCUT2D eigenvalue weighted by Gasteiger charge is 2.45. The zero-order valence-corrected chi connectivity index (χ0v) is 29.3. The lowest BCUT2D eigenvalue weighted by Gasteiger charge is -2.25. The minimum atomic E-state index is -0.704. The molecule has 0 radical (unpaired) electrons. The van der Waals surface area contributed by atoms with Crippen LogP contribution < -0.4 is 0 Å². The Balaban J connectivity index is 0.000000450. The van der Waals surface area contributed by atoms with Gasteiger partial charge in [-0.05, 0) is 83.1 Å². The fourth-order valence-electron chi connectivity index (χ4n) is 4.38. The molecule has 2 saturated heterocycles. The van der Waals surface area contributed by atoms with E-state index in [0.717, 1.165) is 0 Å². The molecule has 0 unspecified atom stereocenters. The van der Waals surface area contributed by atoms with Crippen molar-refractivity contribution in [2.24, 2.45) is 34.0 Å². The Hall–Kier alpha value is -3.29. The molecule has 0 spiro atoms. The van der Waals surface area contributed by atoms with Gasteiger partial charge in [0.2, 0.25) is 0 Å². The van der Waals surface area contributed by atoms with Crippen molar-refractivity contribution in [3.8, 4) is 0 Å². The van der Waals surface area contributed by atoms with Gasteiger partial charge in [-0.3, -0.25) is 9.59 Å². The third-order valence-electron chi connectivity index (χ3n) is 6.07. The lowest BCUT2D eigenvalue weighted by Crippen LogP contribution is -2.36. The van der Waals surface area contributed by atoms with Crippen LogP contribution in [0.5, 0.6) is 0 Å². The van der Waals surface area contributed by atoms with Gasteiger partial charge in [0.25, 0.3) is 0 Å². The van der Waals surface area contributed by atoms with Crippen LogP contribution in [-0.2, 0) is 28.5 Å². The molecule has 2 N–H and O–H groups in total. The number of carbonyl (C=O) groups excluding carboxylic acids is 4. The minimum Gasteiger partial charge on any atom is -0.460 e. The van der Waals surface area contributed by atoms with Gasteiger partial charge in [0.05, 0.1) is 11.8 Å². The predicted molar refractivity (Wildman–Crippen MR) is 167 cm³/mol. The molecule has 15 heteroatoms. The van der Waals surface area contributed by atoms with Gasteiger partial charge in [0.15, 0.2) is 5.17 Å². The van der Waals surface area contributed by atoms with Crippen LogP contribution in [0.4, 0.5) is 9.59 Å². The first-order chi connectivity index (χ1) is 20.3. The zero-order chi connectivity index (χ0) is 35.1. The Bertz CT molecular complexity index is 1120. The van der Waals surface area contributed by atoms with Crippen molar-refractivity contribution in [1.29, 1.82) is 0 Å². The van der Waals surface area contributed by atoms with Gasteiger partial charge >= 0.3 is 24.1 Å². The molecule has 2 amide bonds. The number of halogens is 1. The number of likely N-dealkylation sites (tertiary alicyclic amines) is 2. The van der Waals surface area contributed by atoms with E-state index >= 15 is 0 Å². The second kappa shape index (κ2) is 15.3. The van der Waals surface area contributed by atoms with E-state index in [4.69, 9.17) is 41.0 Å². The van der Waals surface area contributed by atoms with E-state index in [1.807, 2.05) is 0 Å². The van der Waals surface area contributed by atoms with E-state index in [2.05, 4.69) is 10.3 Å². The summed E-state index contributed by atoms with van der Waals surface area (Å²) in [6.07, 6.45) is 0.227. The van der Waals surface area contributed by atoms with Gasteiger partial charge in [-0.2, -0.15) is 0 Å². The summed E-state index contributed by atoms with van der Waals surface area (Å²) in [4.78, 5) is 51.7. The maximum Gasteiger partial charge on any atom is 0.410 e. The summed E-state index contributed by atoms with van der Waals surface area (Å²) < 4.78 is 21.3. The summed E-state index contributed by atoms with van der Waals surface area (Å²) in [6, 6.07) is 0. The van der Waals surface area contributed by atoms with Crippen LogP contribution in [0.3, 0.4) is 0 Å². The van der Waals surface area contributed by atoms with E-state index in [1.54, 1.807) is 83.1 Å². The van der Waals surface area contributed by atoms with Gasteiger partial charge in [0.1, 0.15) is 22.4 Å². The minimum absolute atomic E-state index is 0.0975. The van der Waals surface area contributed by atoms with Crippen molar-refractivity contribution in [3.05, 3.63) is 0 Å². The average Bonchev–Trinajstić information content (AvgIpc) is 3.45. The molecule has 2 heterocycles. The van der Waals surface area contributed by atoms with Gasteiger partial charge in [-0.1, -0.05) is 16.8 Å². The van der Waals surface area contributed by atoms with Crippen molar-refractivity contribution in [1.82, 2.24) is 9.80 Å². The van der Waals surface area contributed by atoms with Crippen molar-refractivity contribution in [2.45, 2.75) is 105 Å². The summed E-state index contributed by atoms with van der Waals surface area (Å²) in [5.41, 5.74) is -2.53. The molecule has 0 saturated carbocycles. The number of esters is 2. The topological polar surface area (TPSA) is 177 Å². The maximum atomic E-state index is 12.3. The highest BCUT2D eigenvalue weighted by molar-refractivity contribution is 6.66. The van der Waals surface area contributed by atoms with Gasteiger partial charge in [-0.25, -0.2) is 9.59 Å². The molecule has 14 nitrogen and oxygen atoms in total. The molecule has 45 heavy (non-hydrogen) atoms. The Morgan fingerprint density at radius 3 is 1.36 bits per heavy atom. The first-order valence-corrected chi connectivity index (χ1v) is 15.1. The van der Waals surface area contributed by atoms with Gasteiger partial charge in [0, 0.05) is 44.2 Å².